The van der Waals surface area contributed by atoms with Crippen molar-refractivity contribution >= 4 is 5.91 Å². The molecule has 0 bridgehead atoms. The summed E-state index contributed by atoms with van der Waals surface area (Å²) in [5, 5.41) is 22.1. The lowest BCUT2D eigenvalue weighted by molar-refractivity contribution is -0.139. The summed E-state index contributed by atoms with van der Waals surface area (Å²) < 4.78 is 5.37. The Morgan fingerprint density at radius 2 is 1.89 bits per heavy atom. The van der Waals surface area contributed by atoms with Gasteiger partial charge in [-0.05, 0) is 19.3 Å². The molecule has 2 fully saturated rings. The van der Waals surface area contributed by atoms with Crippen molar-refractivity contribution in [2.45, 2.75) is 56.8 Å². The number of ether oxygens (including phenoxy) is 1. The summed E-state index contributed by atoms with van der Waals surface area (Å²) in [5.41, 5.74) is 0. The first-order valence-electron chi connectivity index (χ1n) is 6.94. The van der Waals surface area contributed by atoms with E-state index >= 15 is 0 Å². The third-order valence-electron chi connectivity index (χ3n) is 3.97. The molecule has 0 aromatic heterocycles. The van der Waals surface area contributed by atoms with Crippen LogP contribution >= 0.6 is 0 Å². The minimum Gasteiger partial charge on any atom is -0.390 e. The van der Waals surface area contributed by atoms with Crippen LogP contribution in [0.2, 0.25) is 0 Å². The molecule has 1 heterocycles. The van der Waals surface area contributed by atoms with Gasteiger partial charge in [-0.15, -0.1) is 0 Å². The molecule has 2 aliphatic rings. The van der Waals surface area contributed by atoms with Crippen molar-refractivity contribution in [2.75, 3.05) is 13.2 Å². The Balaban J connectivity index is 1.74. The van der Waals surface area contributed by atoms with E-state index < -0.39 is 18.3 Å². The first kappa shape index (κ1) is 13.8. The van der Waals surface area contributed by atoms with Crippen LogP contribution < -0.4 is 5.32 Å². The van der Waals surface area contributed by atoms with Gasteiger partial charge in [0.05, 0.1) is 6.10 Å². The molecule has 18 heavy (non-hydrogen) atoms. The number of carbonyl (C=O) groups is 1. The second kappa shape index (κ2) is 6.50. The monoisotopic (exact) mass is 257 g/mol. The van der Waals surface area contributed by atoms with Gasteiger partial charge in [-0.25, -0.2) is 0 Å². The molecule has 5 nitrogen and oxygen atoms in total. The summed E-state index contributed by atoms with van der Waals surface area (Å²) in [7, 11) is 0. The normalized spacial score (nSPS) is 34.2. The van der Waals surface area contributed by atoms with E-state index in [9.17, 15) is 15.0 Å². The highest BCUT2D eigenvalue weighted by Crippen LogP contribution is 2.23. The van der Waals surface area contributed by atoms with Gasteiger partial charge in [-0.1, -0.05) is 19.3 Å². The maximum Gasteiger partial charge on any atom is 0.223 e. The summed E-state index contributed by atoms with van der Waals surface area (Å²) in [6, 6.07) is 0. The van der Waals surface area contributed by atoms with Crippen molar-refractivity contribution in [1.82, 2.24) is 5.32 Å². The van der Waals surface area contributed by atoms with Gasteiger partial charge >= 0.3 is 0 Å². The Labute approximate surface area is 108 Å². The quantitative estimate of drug-likeness (QED) is 0.674. The summed E-state index contributed by atoms with van der Waals surface area (Å²) in [6.07, 6.45) is 3.72. The van der Waals surface area contributed by atoms with Crippen LogP contribution in [-0.4, -0.2) is 47.6 Å². The largest absolute Gasteiger partial charge is 0.390 e. The smallest absolute Gasteiger partial charge is 0.223 e. The molecule has 0 radical (unpaired) electrons. The van der Waals surface area contributed by atoms with Gasteiger partial charge < -0.3 is 20.3 Å². The molecular formula is C13H23NO4. The fraction of sp³-hybridized carbons (Fsp3) is 0.923. The maximum atomic E-state index is 11.9. The molecule has 2 rings (SSSR count). The Kier molecular flexibility index (Phi) is 4.97. The van der Waals surface area contributed by atoms with E-state index in [1.165, 1.54) is 6.42 Å². The summed E-state index contributed by atoms with van der Waals surface area (Å²) >= 11 is 0. The van der Waals surface area contributed by atoms with Gasteiger partial charge in [0.25, 0.3) is 0 Å². The number of aliphatic hydroxyl groups is 2. The van der Waals surface area contributed by atoms with E-state index in [1.54, 1.807) is 0 Å². The topological polar surface area (TPSA) is 78.8 Å². The molecule has 1 amide bonds. The Morgan fingerprint density at radius 1 is 1.17 bits per heavy atom. The molecule has 104 valence electrons. The summed E-state index contributed by atoms with van der Waals surface area (Å²) in [4.78, 5) is 11.9. The van der Waals surface area contributed by atoms with E-state index in [0.29, 0.717) is 13.0 Å². The highest BCUT2D eigenvalue weighted by Gasteiger charge is 2.32. The third-order valence-corrected chi connectivity index (χ3v) is 3.97. The highest BCUT2D eigenvalue weighted by molar-refractivity contribution is 5.78. The minimum absolute atomic E-state index is 0.0607. The number of hydrogen-bond donors (Lipinski definition) is 3. The lowest BCUT2D eigenvalue weighted by Gasteiger charge is -2.32. The number of aliphatic hydroxyl groups excluding tert-OH is 2. The van der Waals surface area contributed by atoms with Gasteiger partial charge in [0.2, 0.25) is 5.91 Å². The first-order valence-corrected chi connectivity index (χ1v) is 6.94. The van der Waals surface area contributed by atoms with Crippen molar-refractivity contribution in [3.8, 4) is 0 Å². The molecule has 5 heteroatoms. The van der Waals surface area contributed by atoms with Gasteiger partial charge in [0.15, 0.2) is 0 Å². The zero-order valence-electron chi connectivity index (χ0n) is 10.7. The van der Waals surface area contributed by atoms with E-state index in [2.05, 4.69) is 5.32 Å². The van der Waals surface area contributed by atoms with Gasteiger partial charge in [-0.2, -0.15) is 0 Å². The maximum absolute atomic E-state index is 11.9. The van der Waals surface area contributed by atoms with Crippen LogP contribution in [0.1, 0.15) is 38.5 Å². The van der Waals surface area contributed by atoms with E-state index in [1.807, 2.05) is 0 Å². The van der Waals surface area contributed by atoms with Crippen LogP contribution in [0.5, 0.6) is 0 Å². The standard InChI is InChI=1S/C13H23NO4/c15-10-6-7-18-11(12(10)16)8-14-13(17)9-4-2-1-3-5-9/h9-12,15-16H,1-8H2,(H,14,17). The Morgan fingerprint density at radius 3 is 2.61 bits per heavy atom. The van der Waals surface area contributed by atoms with Crippen molar-refractivity contribution in [1.29, 1.82) is 0 Å². The number of amides is 1. The third kappa shape index (κ3) is 3.43. The fourth-order valence-corrected chi connectivity index (χ4v) is 2.75. The first-order chi connectivity index (χ1) is 8.68. The molecule has 1 saturated heterocycles. The molecule has 0 spiro atoms. The second-order valence-corrected chi connectivity index (χ2v) is 5.34. The van der Waals surface area contributed by atoms with Gasteiger partial charge in [-0.3, -0.25) is 4.79 Å². The number of nitrogens with one attached hydrogen (secondary N) is 1. The van der Waals surface area contributed by atoms with Gasteiger partial charge in [0.1, 0.15) is 12.2 Å². The average molecular weight is 257 g/mol. The van der Waals surface area contributed by atoms with Crippen molar-refractivity contribution in [3.63, 3.8) is 0 Å². The van der Waals surface area contributed by atoms with Crippen LogP contribution in [-0.2, 0) is 9.53 Å². The van der Waals surface area contributed by atoms with E-state index in [0.717, 1.165) is 25.7 Å². The van der Waals surface area contributed by atoms with Crippen LogP contribution in [0.15, 0.2) is 0 Å². The lowest BCUT2D eigenvalue weighted by Crippen LogP contribution is -2.50. The molecular weight excluding hydrogens is 234 g/mol. The highest BCUT2D eigenvalue weighted by atomic mass is 16.5. The van der Waals surface area contributed by atoms with Crippen LogP contribution in [0, 0.1) is 5.92 Å². The second-order valence-electron chi connectivity index (χ2n) is 5.34. The van der Waals surface area contributed by atoms with Crippen molar-refractivity contribution < 1.29 is 19.7 Å². The molecule has 1 aliphatic carbocycles. The molecule has 1 aliphatic heterocycles. The zero-order chi connectivity index (χ0) is 13.0. The number of hydrogen-bond acceptors (Lipinski definition) is 4. The molecule has 3 N–H and O–H groups in total. The average Bonchev–Trinajstić information content (AvgIpc) is 2.41. The molecule has 3 atom stereocenters. The van der Waals surface area contributed by atoms with Crippen molar-refractivity contribution in [3.05, 3.63) is 0 Å². The van der Waals surface area contributed by atoms with Gasteiger partial charge in [0, 0.05) is 19.1 Å². The van der Waals surface area contributed by atoms with Crippen LogP contribution in [0.3, 0.4) is 0 Å². The van der Waals surface area contributed by atoms with Crippen LogP contribution in [0.4, 0.5) is 0 Å². The zero-order valence-corrected chi connectivity index (χ0v) is 10.7. The van der Waals surface area contributed by atoms with Crippen LogP contribution in [0.25, 0.3) is 0 Å². The molecule has 1 saturated carbocycles. The Hall–Kier alpha value is -0.650. The lowest BCUT2D eigenvalue weighted by atomic mass is 9.88. The minimum atomic E-state index is -0.898. The fourth-order valence-electron chi connectivity index (χ4n) is 2.75. The number of rotatable bonds is 3. The predicted octanol–water partition coefficient (Wildman–Crippen LogP) is 0.194. The summed E-state index contributed by atoms with van der Waals surface area (Å²) in [5.74, 6) is 0.176. The molecule has 0 aromatic rings. The summed E-state index contributed by atoms with van der Waals surface area (Å²) in [6.45, 7) is 0.718. The van der Waals surface area contributed by atoms with E-state index in [-0.39, 0.29) is 18.4 Å². The van der Waals surface area contributed by atoms with Crippen molar-refractivity contribution in [2.24, 2.45) is 5.92 Å². The van der Waals surface area contributed by atoms with E-state index in [4.69, 9.17) is 4.74 Å². The SMILES string of the molecule is O=C(NCC1OCCC(O)C1O)C1CCCCC1. The Bertz CT molecular complexity index is 278. The molecule has 0 aromatic carbocycles. The molecule has 3 unspecified atom stereocenters. The predicted molar refractivity (Wildman–Crippen MR) is 66.0 cm³/mol. The number of carbonyl (C=O) groups excluding carboxylic acids is 1.